The molecule has 0 atom stereocenters. The van der Waals surface area contributed by atoms with Crippen LogP contribution in [0.3, 0.4) is 0 Å². The van der Waals surface area contributed by atoms with Gasteiger partial charge in [-0.1, -0.05) is 48.5 Å². The third-order valence-corrected chi connectivity index (χ3v) is 6.07. The van der Waals surface area contributed by atoms with Crippen molar-refractivity contribution in [1.82, 2.24) is 9.97 Å². The van der Waals surface area contributed by atoms with Gasteiger partial charge in [-0.05, 0) is 68.1 Å². The predicted octanol–water partition coefficient (Wildman–Crippen LogP) is 6.74. The molecule has 0 saturated carbocycles. The van der Waals surface area contributed by atoms with Crippen molar-refractivity contribution in [2.45, 2.75) is 0 Å². The standard InChI is InChI=1S/C26H14N2/c1-4-17-16-6-2-13-28-23(16)14-21-18-10-8-15-9-11-22-19(7-3-12-27-22)24(15)26(18)20(5-1)25(17)21/h1-14H. The molecular formula is C26H14N2. The van der Waals surface area contributed by atoms with Crippen molar-refractivity contribution in [2.75, 3.05) is 0 Å². The third-order valence-electron chi connectivity index (χ3n) is 6.07. The first-order valence-corrected chi connectivity index (χ1v) is 9.52. The summed E-state index contributed by atoms with van der Waals surface area (Å²) in [6.45, 7) is 0. The Kier molecular flexibility index (Phi) is 2.52. The number of hydrogen-bond donors (Lipinski definition) is 0. The molecule has 1 aliphatic rings. The van der Waals surface area contributed by atoms with Gasteiger partial charge in [0, 0.05) is 23.2 Å². The van der Waals surface area contributed by atoms with Crippen LogP contribution in [0.5, 0.6) is 0 Å². The molecule has 0 N–H and O–H groups in total. The van der Waals surface area contributed by atoms with Crippen LogP contribution in [0.2, 0.25) is 0 Å². The highest BCUT2D eigenvalue weighted by Crippen LogP contribution is 2.52. The van der Waals surface area contributed by atoms with Gasteiger partial charge in [-0.25, -0.2) is 0 Å². The van der Waals surface area contributed by atoms with Crippen LogP contribution in [0, 0.1) is 0 Å². The number of aromatic nitrogens is 2. The van der Waals surface area contributed by atoms with Gasteiger partial charge in [-0.3, -0.25) is 9.97 Å². The Morgan fingerprint density at radius 1 is 0.500 bits per heavy atom. The van der Waals surface area contributed by atoms with E-state index < -0.39 is 0 Å². The van der Waals surface area contributed by atoms with E-state index in [9.17, 15) is 0 Å². The summed E-state index contributed by atoms with van der Waals surface area (Å²) in [5, 5.41) is 7.60. The van der Waals surface area contributed by atoms with Gasteiger partial charge < -0.3 is 0 Å². The van der Waals surface area contributed by atoms with Gasteiger partial charge in [0.05, 0.1) is 11.0 Å². The molecule has 0 bridgehead atoms. The van der Waals surface area contributed by atoms with Crippen molar-refractivity contribution in [2.24, 2.45) is 0 Å². The number of nitrogens with zero attached hydrogens (tertiary/aromatic N) is 2. The molecule has 0 amide bonds. The largest absolute Gasteiger partial charge is 0.256 e. The monoisotopic (exact) mass is 354 g/mol. The molecule has 4 aromatic carbocycles. The van der Waals surface area contributed by atoms with Crippen LogP contribution in [0.25, 0.3) is 65.6 Å². The Morgan fingerprint density at radius 3 is 2.21 bits per heavy atom. The normalized spacial score (nSPS) is 12.3. The molecule has 2 aromatic heterocycles. The first-order valence-electron chi connectivity index (χ1n) is 9.52. The van der Waals surface area contributed by atoms with E-state index in [1.807, 2.05) is 24.5 Å². The van der Waals surface area contributed by atoms with Crippen LogP contribution >= 0.6 is 0 Å². The summed E-state index contributed by atoms with van der Waals surface area (Å²) in [6.07, 6.45) is 3.74. The van der Waals surface area contributed by atoms with Gasteiger partial charge in [0.1, 0.15) is 0 Å². The van der Waals surface area contributed by atoms with E-state index in [2.05, 4.69) is 70.6 Å². The predicted molar refractivity (Wildman–Crippen MR) is 116 cm³/mol. The van der Waals surface area contributed by atoms with Crippen LogP contribution in [-0.4, -0.2) is 9.97 Å². The number of fused-ring (bicyclic) bond motifs is 9. The van der Waals surface area contributed by atoms with Crippen molar-refractivity contribution < 1.29 is 0 Å². The Morgan fingerprint density at radius 2 is 1.29 bits per heavy atom. The summed E-state index contributed by atoms with van der Waals surface area (Å²) >= 11 is 0. The van der Waals surface area contributed by atoms with E-state index in [0.29, 0.717) is 0 Å². The average Bonchev–Trinajstić information content (AvgIpc) is 3.09. The van der Waals surface area contributed by atoms with Gasteiger partial charge in [0.15, 0.2) is 0 Å². The second-order valence-electron chi connectivity index (χ2n) is 7.44. The fraction of sp³-hybridized carbons (Fsp3) is 0. The molecule has 6 aromatic rings. The Labute approximate surface area is 161 Å². The first kappa shape index (κ1) is 14.3. The quantitative estimate of drug-likeness (QED) is 0.282. The molecule has 1 aliphatic carbocycles. The van der Waals surface area contributed by atoms with Crippen molar-refractivity contribution >= 4 is 43.4 Å². The fourth-order valence-corrected chi connectivity index (χ4v) is 4.94. The highest BCUT2D eigenvalue weighted by molar-refractivity contribution is 6.29. The number of benzene rings is 4. The zero-order valence-electron chi connectivity index (χ0n) is 15.0. The number of rotatable bonds is 0. The second-order valence-corrected chi connectivity index (χ2v) is 7.44. The lowest BCUT2D eigenvalue weighted by molar-refractivity contribution is 1.42. The lowest BCUT2D eigenvalue weighted by Gasteiger charge is -2.10. The minimum Gasteiger partial charge on any atom is -0.256 e. The van der Waals surface area contributed by atoms with Crippen molar-refractivity contribution in [3.63, 3.8) is 0 Å². The van der Waals surface area contributed by atoms with E-state index in [0.717, 1.165) is 11.0 Å². The van der Waals surface area contributed by atoms with E-state index in [-0.39, 0.29) is 0 Å². The smallest absolute Gasteiger partial charge is 0.0714 e. The minimum absolute atomic E-state index is 1.04. The minimum atomic E-state index is 1.04. The van der Waals surface area contributed by atoms with Crippen molar-refractivity contribution in [3.05, 3.63) is 85.2 Å². The number of hydrogen-bond acceptors (Lipinski definition) is 2. The Bertz CT molecular complexity index is 1610. The number of pyridine rings is 2. The van der Waals surface area contributed by atoms with E-state index >= 15 is 0 Å². The van der Waals surface area contributed by atoms with Crippen LogP contribution in [-0.2, 0) is 0 Å². The molecule has 0 saturated heterocycles. The maximum absolute atomic E-state index is 4.64. The van der Waals surface area contributed by atoms with E-state index in [1.54, 1.807) is 0 Å². The first-order chi connectivity index (χ1) is 13.9. The topological polar surface area (TPSA) is 25.8 Å². The summed E-state index contributed by atoms with van der Waals surface area (Å²) in [4.78, 5) is 9.23. The summed E-state index contributed by atoms with van der Waals surface area (Å²) < 4.78 is 0. The van der Waals surface area contributed by atoms with Gasteiger partial charge in [-0.15, -0.1) is 0 Å². The SMILES string of the molecule is c1cnc2cc3c4c(cccc4c2c1)-c1c-3ccc2ccc3ncccc3c12. The molecule has 7 rings (SSSR count). The fourth-order valence-electron chi connectivity index (χ4n) is 4.94. The molecule has 128 valence electrons. The molecule has 0 aliphatic heterocycles. The molecular weight excluding hydrogens is 340 g/mol. The molecule has 2 heteroatoms. The van der Waals surface area contributed by atoms with E-state index in [4.69, 9.17) is 0 Å². The zero-order valence-corrected chi connectivity index (χ0v) is 15.0. The molecule has 28 heavy (non-hydrogen) atoms. The summed E-state index contributed by atoms with van der Waals surface area (Å²) in [7, 11) is 0. The lowest BCUT2D eigenvalue weighted by Crippen LogP contribution is -1.85. The zero-order chi connectivity index (χ0) is 18.2. The van der Waals surface area contributed by atoms with Gasteiger partial charge >= 0.3 is 0 Å². The molecule has 0 radical (unpaired) electrons. The summed E-state index contributed by atoms with van der Waals surface area (Å²) in [5.41, 5.74) is 7.31. The summed E-state index contributed by atoms with van der Waals surface area (Å²) in [5.74, 6) is 0. The maximum atomic E-state index is 4.64. The molecule has 2 heterocycles. The molecule has 2 nitrogen and oxygen atoms in total. The van der Waals surface area contributed by atoms with Crippen LogP contribution in [0.15, 0.2) is 85.2 Å². The van der Waals surface area contributed by atoms with Crippen LogP contribution in [0.4, 0.5) is 0 Å². The lowest BCUT2D eigenvalue weighted by atomic mass is 9.94. The van der Waals surface area contributed by atoms with Crippen LogP contribution < -0.4 is 0 Å². The Balaban J connectivity index is 1.77. The molecule has 0 spiro atoms. The van der Waals surface area contributed by atoms with Crippen LogP contribution in [0.1, 0.15) is 0 Å². The summed E-state index contributed by atoms with van der Waals surface area (Å²) in [6, 6.07) is 26.1. The average molecular weight is 354 g/mol. The maximum Gasteiger partial charge on any atom is 0.0714 e. The highest BCUT2D eigenvalue weighted by atomic mass is 14.6. The molecule has 0 unspecified atom stereocenters. The van der Waals surface area contributed by atoms with E-state index in [1.165, 1.54) is 54.6 Å². The molecule has 0 fully saturated rings. The van der Waals surface area contributed by atoms with Crippen molar-refractivity contribution in [1.29, 1.82) is 0 Å². The van der Waals surface area contributed by atoms with Gasteiger partial charge in [0.25, 0.3) is 0 Å². The second kappa shape index (κ2) is 4.93. The van der Waals surface area contributed by atoms with Gasteiger partial charge in [-0.2, -0.15) is 0 Å². The van der Waals surface area contributed by atoms with Gasteiger partial charge in [0.2, 0.25) is 0 Å². The Hall–Kier alpha value is -3.78. The van der Waals surface area contributed by atoms with Crippen molar-refractivity contribution in [3.8, 4) is 22.3 Å². The third kappa shape index (κ3) is 1.64. The highest BCUT2D eigenvalue weighted by Gasteiger charge is 2.25.